The van der Waals surface area contributed by atoms with E-state index >= 15 is 0 Å². The van der Waals surface area contributed by atoms with Gasteiger partial charge in [0.1, 0.15) is 12.1 Å². The molecule has 2 aliphatic rings. The van der Waals surface area contributed by atoms with Gasteiger partial charge in [0.25, 0.3) is 5.91 Å². The van der Waals surface area contributed by atoms with Crippen molar-refractivity contribution in [2.75, 3.05) is 5.32 Å². The Balaban J connectivity index is 1.21. The number of hydrogen-bond acceptors (Lipinski definition) is 4. The largest absolute Gasteiger partial charge is 0.367 e. The van der Waals surface area contributed by atoms with Gasteiger partial charge in [-0.05, 0) is 80.3 Å². The number of benzene rings is 2. The van der Waals surface area contributed by atoms with E-state index in [2.05, 4.69) is 52.6 Å². The fraction of sp³-hybridized carbons (Fsp3) is 0.400. The molecule has 0 radical (unpaired) electrons. The molecule has 5 atom stereocenters. The van der Waals surface area contributed by atoms with Gasteiger partial charge in [-0.1, -0.05) is 30.2 Å². The lowest BCUT2D eigenvalue weighted by Crippen LogP contribution is -2.38. The smallest absolute Gasteiger partial charge is 0.251 e. The van der Waals surface area contributed by atoms with Crippen molar-refractivity contribution in [3.8, 4) is 0 Å². The van der Waals surface area contributed by atoms with Gasteiger partial charge in [-0.15, -0.1) is 0 Å². The van der Waals surface area contributed by atoms with Crippen LogP contribution in [0.3, 0.4) is 0 Å². The zero-order valence-electron chi connectivity index (χ0n) is 17.8. The topological polar surface area (TPSA) is 66.9 Å². The van der Waals surface area contributed by atoms with Crippen molar-refractivity contribution >= 4 is 34.2 Å². The van der Waals surface area contributed by atoms with Crippen molar-refractivity contribution < 1.29 is 4.79 Å². The van der Waals surface area contributed by atoms with Gasteiger partial charge in [-0.2, -0.15) is 0 Å². The second-order valence-electron chi connectivity index (χ2n) is 8.96. The van der Waals surface area contributed by atoms with E-state index in [9.17, 15) is 4.79 Å². The number of carbonyl (C=O) groups is 1. The first-order chi connectivity index (χ1) is 15.0. The molecule has 5 rings (SSSR count). The van der Waals surface area contributed by atoms with Crippen LogP contribution in [0.4, 0.5) is 5.82 Å². The first kappa shape index (κ1) is 20.3. The monoisotopic (exact) mass is 434 g/mol. The van der Waals surface area contributed by atoms with E-state index in [1.54, 1.807) is 30.6 Å². The molecule has 1 heterocycles. The molecule has 2 aromatic carbocycles. The average molecular weight is 435 g/mol. The second kappa shape index (κ2) is 8.12. The van der Waals surface area contributed by atoms with Crippen molar-refractivity contribution in [3.63, 3.8) is 0 Å². The van der Waals surface area contributed by atoms with E-state index in [4.69, 9.17) is 11.6 Å². The van der Waals surface area contributed by atoms with Crippen LogP contribution in [0.25, 0.3) is 10.9 Å². The highest BCUT2D eigenvalue weighted by Gasteiger charge is 2.58. The summed E-state index contributed by atoms with van der Waals surface area (Å²) in [5.41, 5.74) is 2.85. The van der Waals surface area contributed by atoms with Crippen molar-refractivity contribution in [2.45, 2.75) is 45.2 Å². The number of nitrogens with one attached hydrogen (secondary N) is 2. The normalized spacial score (nSPS) is 25.1. The Morgan fingerprint density at radius 1 is 1.13 bits per heavy atom. The molecule has 160 valence electrons. The zero-order valence-corrected chi connectivity index (χ0v) is 18.6. The highest BCUT2D eigenvalue weighted by molar-refractivity contribution is 6.30. The summed E-state index contributed by atoms with van der Waals surface area (Å²) in [4.78, 5) is 21.6. The molecule has 0 bridgehead atoms. The van der Waals surface area contributed by atoms with E-state index in [1.165, 1.54) is 5.56 Å². The summed E-state index contributed by atoms with van der Waals surface area (Å²) in [7, 11) is 0. The number of aromatic nitrogens is 2. The van der Waals surface area contributed by atoms with E-state index in [1.807, 2.05) is 0 Å². The summed E-state index contributed by atoms with van der Waals surface area (Å²) >= 11 is 5.94. The molecule has 0 aliphatic heterocycles. The maximum atomic E-state index is 12.7. The SMILES string of the molecule is CC[C@@H](NC(=O)c1ccc(Cl)cc1)[C@H]1[C@@H]2C[C@@H](Nc3ncnc4ccc(C)cc34)C[C@@H]21. The van der Waals surface area contributed by atoms with Crippen LogP contribution >= 0.6 is 11.6 Å². The maximum absolute atomic E-state index is 12.7. The van der Waals surface area contributed by atoms with Crippen LogP contribution < -0.4 is 10.6 Å². The number of aryl methyl sites for hydroxylation is 1. The molecular weight excluding hydrogens is 408 g/mol. The lowest BCUT2D eigenvalue weighted by molar-refractivity contribution is 0.0927. The fourth-order valence-corrected chi connectivity index (χ4v) is 5.53. The molecular formula is C25H27ClN4O. The molecule has 0 unspecified atom stereocenters. The first-order valence-electron chi connectivity index (χ1n) is 11.1. The Bertz CT molecular complexity index is 1100. The van der Waals surface area contributed by atoms with Gasteiger partial charge in [0.2, 0.25) is 0 Å². The first-order valence-corrected chi connectivity index (χ1v) is 11.5. The van der Waals surface area contributed by atoms with Crippen molar-refractivity contribution in [3.05, 3.63) is 64.9 Å². The molecule has 6 heteroatoms. The minimum absolute atomic E-state index is 0.00834. The molecule has 0 spiro atoms. The summed E-state index contributed by atoms with van der Waals surface area (Å²) in [5, 5.41) is 8.66. The standard InChI is InChI=1S/C25H27ClN4O/c1-3-21(30-25(31)15-5-7-16(26)8-6-15)23-18-11-17(12-19(18)23)29-24-20-10-14(2)4-9-22(20)27-13-28-24/h4-10,13,17-19,21,23H,3,11-12H2,1-2H3,(H,30,31)(H,27,28,29)/t17-,18-,19+,21-,23+/m1/s1. The van der Waals surface area contributed by atoms with E-state index < -0.39 is 0 Å². The molecule has 2 saturated carbocycles. The number of fused-ring (bicyclic) bond motifs is 2. The van der Waals surface area contributed by atoms with Gasteiger partial charge < -0.3 is 10.6 Å². The van der Waals surface area contributed by atoms with Crippen molar-refractivity contribution in [1.29, 1.82) is 0 Å². The summed E-state index contributed by atoms with van der Waals surface area (Å²) in [6, 6.07) is 14.0. The third-order valence-corrected chi connectivity index (χ3v) is 7.22. The number of rotatable bonds is 6. The van der Waals surface area contributed by atoms with E-state index in [-0.39, 0.29) is 11.9 Å². The van der Waals surface area contributed by atoms with Gasteiger partial charge in [0.15, 0.2) is 0 Å². The quantitative estimate of drug-likeness (QED) is 0.557. The van der Waals surface area contributed by atoms with Gasteiger partial charge in [0.05, 0.1) is 5.52 Å². The molecule has 3 aromatic rings. The minimum Gasteiger partial charge on any atom is -0.367 e. The van der Waals surface area contributed by atoms with Crippen molar-refractivity contribution in [2.24, 2.45) is 17.8 Å². The lowest BCUT2D eigenvalue weighted by atomic mass is 9.99. The third-order valence-electron chi connectivity index (χ3n) is 6.97. The van der Waals surface area contributed by atoms with Crippen LogP contribution in [0, 0.1) is 24.7 Å². The molecule has 2 fully saturated rings. The van der Waals surface area contributed by atoms with Crippen LogP contribution in [0.2, 0.25) is 5.02 Å². The Kier molecular flexibility index (Phi) is 5.30. The molecule has 1 aromatic heterocycles. The zero-order chi connectivity index (χ0) is 21.5. The van der Waals surface area contributed by atoms with Crippen LogP contribution in [0.5, 0.6) is 0 Å². The third kappa shape index (κ3) is 3.99. The molecule has 1 amide bonds. The summed E-state index contributed by atoms with van der Waals surface area (Å²) in [5.74, 6) is 2.83. The average Bonchev–Trinajstić information content (AvgIpc) is 3.26. The van der Waals surface area contributed by atoms with Crippen LogP contribution in [-0.2, 0) is 0 Å². The van der Waals surface area contributed by atoms with Gasteiger partial charge >= 0.3 is 0 Å². The predicted molar refractivity (Wildman–Crippen MR) is 124 cm³/mol. The number of nitrogens with zero attached hydrogens (tertiary/aromatic N) is 2. The summed E-state index contributed by atoms with van der Waals surface area (Å²) in [6.45, 7) is 4.25. The number of anilines is 1. The van der Waals surface area contributed by atoms with Gasteiger partial charge in [-0.3, -0.25) is 4.79 Å². The minimum atomic E-state index is -0.00834. The van der Waals surface area contributed by atoms with E-state index in [0.717, 1.165) is 36.0 Å². The summed E-state index contributed by atoms with van der Waals surface area (Å²) < 4.78 is 0. The van der Waals surface area contributed by atoms with Gasteiger partial charge in [0, 0.05) is 28.1 Å². The van der Waals surface area contributed by atoms with Crippen LogP contribution in [0.15, 0.2) is 48.8 Å². The number of amides is 1. The predicted octanol–water partition coefficient (Wildman–Crippen LogP) is 5.24. The Morgan fingerprint density at radius 2 is 1.87 bits per heavy atom. The molecule has 0 saturated heterocycles. The van der Waals surface area contributed by atoms with E-state index in [0.29, 0.717) is 34.4 Å². The van der Waals surface area contributed by atoms with Crippen LogP contribution in [0.1, 0.15) is 42.1 Å². The fourth-order valence-electron chi connectivity index (χ4n) is 5.41. The molecule has 5 nitrogen and oxygen atoms in total. The lowest BCUT2D eigenvalue weighted by Gasteiger charge is -2.22. The molecule has 2 aliphatic carbocycles. The Morgan fingerprint density at radius 3 is 2.58 bits per heavy atom. The number of carbonyl (C=O) groups excluding carboxylic acids is 1. The maximum Gasteiger partial charge on any atom is 0.251 e. The molecule has 2 N–H and O–H groups in total. The van der Waals surface area contributed by atoms with Crippen LogP contribution in [-0.4, -0.2) is 28.0 Å². The van der Waals surface area contributed by atoms with Crippen molar-refractivity contribution in [1.82, 2.24) is 15.3 Å². The Hall–Kier alpha value is -2.66. The Labute approximate surface area is 187 Å². The second-order valence-corrected chi connectivity index (χ2v) is 9.39. The van der Waals surface area contributed by atoms with Gasteiger partial charge in [-0.25, -0.2) is 9.97 Å². The highest BCUT2D eigenvalue weighted by Crippen LogP contribution is 2.59. The number of hydrogen-bond donors (Lipinski definition) is 2. The number of halogens is 1. The molecule has 31 heavy (non-hydrogen) atoms. The summed E-state index contributed by atoms with van der Waals surface area (Å²) in [6.07, 6.45) is 4.84. The highest BCUT2D eigenvalue weighted by atomic mass is 35.5.